The number of aliphatic carboxylic acids is 1. The molecule has 1 aliphatic heterocycles. The zero-order chi connectivity index (χ0) is 16.9. The van der Waals surface area contributed by atoms with Crippen molar-refractivity contribution in [1.29, 1.82) is 0 Å². The van der Waals surface area contributed by atoms with Crippen LogP contribution in [0.5, 0.6) is 0 Å². The van der Waals surface area contributed by atoms with Crippen LogP contribution < -0.4 is 0 Å². The molecule has 2 aliphatic rings. The number of rotatable bonds is 8. The molecule has 5 heteroatoms. The molecule has 1 aromatic rings. The van der Waals surface area contributed by atoms with E-state index in [9.17, 15) is 9.90 Å². The lowest BCUT2D eigenvalue weighted by Crippen LogP contribution is -2.29. The first-order valence-electron chi connectivity index (χ1n) is 8.77. The third kappa shape index (κ3) is 4.49. The molecule has 0 radical (unpaired) electrons. The number of alkyl halides is 1. The summed E-state index contributed by atoms with van der Waals surface area (Å²) in [7, 11) is 0. The van der Waals surface area contributed by atoms with Gasteiger partial charge in [0.2, 0.25) is 0 Å². The van der Waals surface area contributed by atoms with E-state index in [0.717, 1.165) is 36.5 Å². The van der Waals surface area contributed by atoms with Crippen LogP contribution in [0.2, 0.25) is 0 Å². The van der Waals surface area contributed by atoms with Crippen molar-refractivity contribution in [1.82, 2.24) is 0 Å². The van der Waals surface area contributed by atoms with Gasteiger partial charge in [0, 0.05) is 6.42 Å². The van der Waals surface area contributed by atoms with Crippen molar-refractivity contribution in [3.8, 4) is 0 Å². The van der Waals surface area contributed by atoms with Gasteiger partial charge in [0.1, 0.15) is 0 Å². The second kappa shape index (κ2) is 8.63. The number of ether oxygens (including phenoxy) is 2. The molecule has 5 atom stereocenters. The van der Waals surface area contributed by atoms with Crippen molar-refractivity contribution in [2.75, 3.05) is 4.43 Å². The summed E-state index contributed by atoms with van der Waals surface area (Å²) in [6.45, 7) is 0.641. The molecule has 1 saturated carbocycles. The Hall–Kier alpha value is -0.660. The zero-order valence-corrected chi connectivity index (χ0v) is 15.9. The van der Waals surface area contributed by atoms with E-state index in [1.54, 1.807) is 0 Å². The minimum atomic E-state index is -0.707. The number of fused-ring (bicyclic) bond motifs is 1. The number of halogens is 1. The van der Waals surface area contributed by atoms with Gasteiger partial charge in [-0.1, -0.05) is 52.9 Å². The van der Waals surface area contributed by atoms with Crippen molar-refractivity contribution in [2.45, 2.75) is 57.0 Å². The van der Waals surface area contributed by atoms with Crippen LogP contribution in [-0.4, -0.2) is 33.8 Å². The van der Waals surface area contributed by atoms with E-state index in [0.29, 0.717) is 12.5 Å². The molecule has 1 aliphatic carbocycles. The average Bonchev–Trinajstić information content (AvgIpc) is 3.12. The molecule has 2 unspecified atom stereocenters. The van der Waals surface area contributed by atoms with Crippen molar-refractivity contribution in [3.63, 3.8) is 0 Å². The zero-order valence-electron chi connectivity index (χ0n) is 13.8. The van der Waals surface area contributed by atoms with Gasteiger partial charge in [-0.15, -0.1) is 0 Å². The van der Waals surface area contributed by atoms with E-state index < -0.39 is 5.97 Å². The molecule has 0 spiro atoms. The first-order valence-corrected chi connectivity index (χ1v) is 10.3. The van der Waals surface area contributed by atoms with Gasteiger partial charge in [-0.05, 0) is 41.6 Å². The molecule has 1 saturated heterocycles. The van der Waals surface area contributed by atoms with Crippen molar-refractivity contribution < 1.29 is 19.4 Å². The molecular formula is C19H25IO4. The number of carboxylic acids is 1. The highest BCUT2D eigenvalue weighted by Crippen LogP contribution is 2.43. The molecule has 132 valence electrons. The van der Waals surface area contributed by atoms with Gasteiger partial charge in [0.05, 0.1) is 30.8 Å². The van der Waals surface area contributed by atoms with Gasteiger partial charge in [-0.3, -0.25) is 4.79 Å². The van der Waals surface area contributed by atoms with E-state index in [-0.39, 0.29) is 24.2 Å². The number of hydrogen-bond acceptors (Lipinski definition) is 3. The van der Waals surface area contributed by atoms with Crippen LogP contribution in [0, 0.1) is 11.8 Å². The first kappa shape index (κ1) is 18.1. The Morgan fingerprint density at radius 1 is 1.29 bits per heavy atom. The second-order valence-corrected chi connectivity index (χ2v) is 7.95. The van der Waals surface area contributed by atoms with Crippen LogP contribution in [0.1, 0.15) is 37.7 Å². The highest BCUT2D eigenvalue weighted by atomic mass is 127. The standard InChI is InChI=1S/C19H25IO4/c20-8-4-7-16(19(21)22)18-10-14-9-15(11-17(14)24-18)23-12-13-5-2-1-3-6-13/h1-3,5-6,14-18H,4,7-12H2,(H,21,22)/t14-,15-,16?,17-,18?/m0/s1. The quantitative estimate of drug-likeness (QED) is 0.486. The Morgan fingerprint density at radius 3 is 2.75 bits per heavy atom. The largest absolute Gasteiger partial charge is 0.481 e. The predicted molar refractivity (Wildman–Crippen MR) is 100 cm³/mol. The Balaban J connectivity index is 1.47. The summed E-state index contributed by atoms with van der Waals surface area (Å²) in [6.07, 6.45) is 4.71. The van der Waals surface area contributed by atoms with Gasteiger partial charge < -0.3 is 14.6 Å². The lowest BCUT2D eigenvalue weighted by atomic mass is 9.91. The third-order valence-electron chi connectivity index (χ3n) is 5.21. The summed E-state index contributed by atoms with van der Waals surface area (Å²) in [5, 5.41) is 9.48. The minimum Gasteiger partial charge on any atom is -0.481 e. The Kier molecular flexibility index (Phi) is 6.52. The Morgan fingerprint density at radius 2 is 2.08 bits per heavy atom. The Bertz CT molecular complexity index is 521. The fourth-order valence-corrected chi connectivity index (χ4v) is 4.42. The second-order valence-electron chi connectivity index (χ2n) is 6.87. The maximum atomic E-state index is 11.5. The summed E-state index contributed by atoms with van der Waals surface area (Å²) in [4.78, 5) is 11.5. The van der Waals surface area contributed by atoms with Crippen LogP contribution in [0.15, 0.2) is 30.3 Å². The minimum absolute atomic E-state index is 0.115. The molecular weight excluding hydrogens is 419 g/mol. The number of carbonyl (C=O) groups is 1. The summed E-state index contributed by atoms with van der Waals surface area (Å²) in [5.41, 5.74) is 1.19. The first-order chi connectivity index (χ1) is 11.7. The van der Waals surface area contributed by atoms with Crippen molar-refractivity contribution >= 4 is 28.6 Å². The highest BCUT2D eigenvalue weighted by Gasteiger charge is 2.46. The molecule has 1 heterocycles. The molecule has 1 N–H and O–H groups in total. The van der Waals surface area contributed by atoms with Crippen LogP contribution in [-0.2, 0) is 20.9 Å². The maximum Gasteiger partial charge on any atom is 0.309 e. The normalized spacial score (nSPS) is 30.2. The van der Waals surface area contributed by atoms with Crippen LogP contribution >= 0.6 is 22.6 Å². The van der Waals surface area contributed by atoms with Crippen LogP contribution in [0.3, 0.4) is 0 Å². The molecule has 3 rings (SSSR count). The monoisotopic (exact) mass is 444 g/mol. The maximum absolute atomic E-state index is 11.5. The van der Waals surface area contributed by atoms with Crippen LogP contribution in [0.25, 0.3) is 0 Å². The summed E-state index contributed by atoms with van der Waals surface area (Å²) >= 11 is 2.30. The summed E-state index contributed by atoms with van der Waals surface area (Å²) in [6, 6.07) is 10.2. The number of hydrogen-bond donors (Lipinski definition) is 1. The summed E-state index contributed by atoms with van der Waals surface area (Å²) < 4.78 is 13.2. The molecule has 0 aromatic heterocycles. The molecule has 1 aromatic carbocycles. The van der Waals surface area contributed by atoms with E-state index in [1.165, 1.54) is 5.56 Å². The smallest absolute Gasteiger partial charge is 0.309 e. The molecule has 0 bridgehead atoms. The molecule has 24 heavy (non-hydrogen) atoms. The number of carboxylic acid groups (broad SMARTS) is 1. The van der Waals surface area contributed by atoms with Gasteiger partial charge >= 0.3 is 5.97 Å². The van der Waals surface area contributed by atoms with Crippen LogP contribution in [0.4, 0.5) is 0 Å². The molecule has 0 amide bonds. The Labute approximate surface area is 157 Å². The van der Waals surface area contributed by atoms with E-state index in [4.69, 9.17) is 9.47 Å². The van der Waals surface area contributed by atoms with Crippen molar-refractivity contribution in [3.05, 3.63) is 35.9 Å². The lowest BCUT2D eigenvalue weighted by molar-refractivity contribution is -0.147. The van der Waals surface area contributed by atoms with E-state index in [1.807, 2.05) is 18.2 Å². The number of benzene rings is 1. The van der Waals surface area contributed by atoms with E-state index in [2.05, 4.69) is 34.7 Å². The molecule has 4 nitrogen and oxygen atoms in total. The fourth-order valence-electron chi connectivity index (χ4n) is 3.98. The summed E-state index contributed by atoms with van der Waals surface area (Å²) in [5.74, 6) is -0.604. The fraction of sp³-hybridized carbons (Fsp3) is 0.632. The highest BCUT2D eigenvalue weighted by molar-refractivity contribution is 14.1. The third-order valence-corrected chi connectivity index (χ3v) is 5.98. The van der Waals surface area contributed by atoms with E-state index >= 15 is 0 Å². The van der Waals surface area contributed by atoms with Gasteiger partial charge in [-0.25, -0.2) is 0 Å². The predicted octanol–water partition coefficient (Wildman–Crippen LogP) is 4.06. The van der Waals surface area contributed by atoms with Crippen molar-refractivity contribution in [2.24, 2.45) is 11.8 Å². The lowest BCUT2D eigenvalue weighted by Gasteiger charge is -2.21. The van der Waals surface area contributed by atoms with Gasteiger partial charge in [0.15, 0.2) is 0 Å². The van der Waals surface area contributed by atoms with Gasteiger partial charge in [0.25, 0.3) is 0 Å². The topological polar surface area (TPSA) is 55.8 Å². The SMILES string of the molecule is O=C(O)C(CCCI)C1C[C@@H]2C[C@H](OCc3ccccc3)C[C@@H]2O1. The molecule has 2 fully saturated rings. The average molecular weight is 444 g/mol. The van der Waals surface area contributed by atoms with Gasteiger partial charge in [-0.2, -0.15) is 0 Å².